The van der Waals surface area contributed by atoms with Crippen molar-refractivity contribution in [3.63, 3.8) is 0 Å². The number of nitrogens with zero attached hydrogens (tertiary/aromatic N) is 1. The third-order valence-corrected chi connectivity index (χ3v) is 4.86. The normalized spacial score (nSPS) is 37.2. The number of ether oxygens (including phenoxy) is 2. The van der Waals surface area contributed by atoms with Crippen LogP contribution in [0.1, 0.15) is 25.8 Å². The van der Waals surface area contributed by atoms with Gasteiger partial charge >= 0.3 is 0 Å². The summed E-state index contributed by atoms with van der Waals surface area (Å²) in [5, 5.41) is 9.55. The summed E-state index contributed by atoms with van der Waals surface area (Å²) in [6.07, 6.45) is 1.21. The first-order chi connectivity index (χ1) is 10.1. The molecule has 116 valence electrons. The Balaban J connectivity index is 1.63. The van der Waals surface area contributed by atoms with Gasteiger partial charge < -0.3 is 14.6 Å². The fraction of sp³-hybridized carbons (Fsp3) is 0.647. The van der Waals surface area contributed by atoms with E-state index in [1.807, 2.05) is 37.3 Å². The number of likely N-dealkylation sites (tertiary alicyclic amines) is 1. The third kappa shape index (κ3) is 2.99. The van der Waals surface area contributed by atoms with Gasteiger partial charge in [0.15, 0.2) is 5.79 Å². The van der Waals surface area contributed by atoms with Gasteiger partial charge in [0.25, 0.3) is 0 Å². The summed E-state index contributed by atoms with van der Waals surface area (Å²) in [5.74, 6) is -0.0933. The van der Waals surface area contributed by atoms with Crippen molar-refractivity contribution in [1.82, 2.24) is 4.90 Å². The number of hydrogen-bond donors (Lipinski definition) is 1. The molecule has 4 atom stereocenters. The van der Waals surface area contributed by atoms with Crippen molar-refractivity contribution in [1.29, 1.82) is 0 Å². The Bertz CT molecular complexity index is 466. The van der Waals surface area contributed by atoms with Crippen LogP contribution >= 0.6 is 0 Å². The number of aliphatic hydroxyl groups excluding tert-OH is 1. The second-order valence-electron chi connectivity index (χ2n) is 6.37. The molecular weight excluding hydrogens is 266 g/mol. The van der Waals surface area contributed by atoms with Crippen LogP contribution in [0.3, 0.4) is 0 Å². The predicted octanol–water partition coefficient (Wildman–Crippen LogP) is 1.98. The highest BCUT2D eigenvalue weighted by Crippen LogP contribution is 2.35. The van der Waals surface area contributed by atoms with Gasteiger partial charge in [-0.05, 0) is 25.8 Å². The van der Waals surface area contributed by atoms with Crippen molar-refractivity contribution >= 4 is 0 Å². The molecule has 4 heteroatoms. The molecule has 3 rings (SSSR count). The summed E-state index contributed by atoms with van der Waals surface area (Å²) in [6, 6.07) is 10.3. The molecule has 2 heterocycles. The minimum Gasteiger partial charge on any atom is -0.395 e. The van der Waals surface area contributed by atoms with Crippen LogP contribution in [-0.2, 0) is 15.3 Å². The fourth-order valence-electron chi connectivity index (χ4n) is 3.49. The maximum atomic E-state index is 9.55. The van der Waals surface area contributed by atoms with Crippen molar-refractivity contribution in [2.75, 3.05) is 26.3 Å². The molecule has 0 radical (unpaired) electrons. The van der Waals surface area contributed by atoms with E-state index >= 15 is 0 Å². The summed E-state index contributed by atoms with van der Waals surface area (Å²) >= 11 is 0. The number of benzene rings is 1. The number of hydrogen-bond acceptors (Lipinski definition) is 4. The van der Waals surface area contributed by atoms with Crippen LogP contribution in [0.25, 0.3) is 0 Å². The lowest BCUT2D eigenvalue weighted by molar-refractivity contribution is -0.163. The molecule has 2 saturated heterocycles. The van der Waals surface area contributed by atoms with Crippen LogP contribution in [0, 0.1) is 5.92 Å². The summed E-state index contributed by atoms with van der Waals surface area (Å²) in [4.78, 5) is 2.34. The van der Waals surface area contributed by atoms with Gasteiger partial charge in [0.05, 0.1) is 19.3 Å². The van der Waals surface area contributed by atoms with E-state index in [1.54, 1.807) is 0 Å². The van der Waals surface area contributed by atoms with Crippen LogP contribution < -0.4 is 0 Å². The zero-order chi connectivity index (χ0) is 14.9. The van der Waals surface area contributed by atoms with Crippen LogP contribution in [0.2, 0.25) is 0 Å². The van der Waals surface area contributed by atoms with Gasteiger partial charge in [-0.3, -0.25) is 4.90 Å². The van der Waals surface area contributed by atoms with Gasteiger partial charge in [0, 0.05) is 18.2 Å². The lowest BCUT2D eigenvalue weighted by atomic mass is 10.0. The van der Waals surface area contributed by atoms with Crippen molar-refractivity contribution in [3.05, 3.63) is 35.9 Å². The van der Waals surface area contributed by atoms with Crippen molar-refractivity contribution in [3.8, 4) is 0 Å². The molecule has 1 N–H and O–H groups in total. The van der Waals surface area contributed by atoms with Crippen LogP contribution in [-0.4, -0.2) is 48.5 Å². The monoisotopic (exact) mass is 291 g/mol. The molecule has 4 nitrogen and oxygen atoms in total. The van der Waals surface area contributed by atoms with E-state index < -0.39 is 5.79 Å². The summed E-state index contributed by atoms with van der Waals surface area (Å²) < 4.78 is 12.1. The highest BCUT2D eigenvalue weighted by Gasteiger charge is 2.41. The van der Waals surface area contributed by atoms with E-state index in [9.17, 15) is 5.11 Å². The molecule has 2 fully saturated rings. The Kier molecular flexibility index (Phi) is 4.31. The Hall–Kier alpha value is -0.940. The van der Waals surface area contributed by atoms with E-state index in [2.05, 4.69) is 11.8 Å². The van der Waals surface area contributed by atoms with Crippen LogP contribution in [0.15, 0.2) is 30.3 Å². The highest BCUT2D eigenvalue weighted by molar-refractivity contribution is 5.20. The molecule has 2 aliphatic heterocycles. The second-order valence-corrected chi connectivity index (χ2v) is 6.37. The first-order valence-corrected chi connectivity index (χ1v) is 7.84. The molecule has 0 aromatic heterocycles. The second kappa shape index (κ2) is 6.05. The molecule has 0 spiro atoms. The molecule has 21 heavy (non-hydrogen) atoms. The van der Waals surface area contributed by atoms with E-state index in [0.717, 1.165) is 25.1 Å². The SMILES string of the molecule is CC1CCN(CC2COC(C)(c3ccccc3)O2)C1CO. The Morgan fingerprint density at radius 2 is 2.10 bits per heavy atom. The van der Waals surface area contributed by atoms with Gasteiger partial charge in [0.2, 0.25) is 0 Å². The maximum absolute atomic E-state index is 9.55. The summed E-state index contributed by atoms with van der Waals surface area (Å²) in [5.41, 5.74) is 1.06. The zero-order valence-electron chi connectivity index (χ0n) is 12.9. The van der Waals surface area contributed by atoms with Crippen LogP contribution in [0.4, 0.5) is 0 Å². The Morgan fingerprint density at radius 3 is 2.81 bits per heavy atom. The molecule has 2 aliphatic rings. The van der Waals surface area contributed by atoms with Crippen LogP contribution in [0.5, 0.6) is 0 Å². The van der Waals surface area contributed by atoms with Gasteiger partial charge in [-0.2, -0.15) is 0 Å². The molecule has 0 amide bonds. The Labute approximate surface area is 126 Å². The van der Waals surface area contributed by atoms with Crippen molar-refractivity contribution in [2.24, 2.45) is 5.92 Å². The zero-order valence-corrected chi connectivity index (χ0v) is 12.9. The summed E-state index contributed by atoms with van der Waals surface area (Å²) in [6.45, 7) is 6.89. The molecule has 4 unspecified atom stereocenters. The quantitative estimate of drug-likeness (QED) is 0.921. The highest BCUT2D eigenvalue weighted by atomic mass is 16.7. The number of rotatable bonds is 4. The molecule has 1 aromatic carbocycles. The average molecular weight is 291 g/mol. The molecule has 1 aromatic rings. The predicted molar refractivity (Wildman–Crippen MR) is 80.8 cm³/mol. The summed E-state index contributed by atoms with van der Waals surface area (Å²) in [7, 11) is 0. The lowest BCUT2D eigenvalue weighted by Crippen LogP contribution is -2.41. The molecule has 0 saturated carbocycles. The largest absolute Gasteiger partial charge is 0.395 e. The first-order valence-electron chi connectivity index (χ1n) is 7.84. The fourth-order valence-corrected chi connectivity index (χ4v) is 3.49. The minimum absolute atomic E-state index is 0.0644. The standard InChI is InChI=1S/C17H25NO3/c1-13-8-9-18(16(13)11-19)10-15-12-20-17(2,21-15)14-6-4-3-5-7-14/h3-7,13,15-16,19H,8-12H2,1-2H3. The Morgan fingerprint density at radius 1 is 1.33 bits per heavy atom. The minimum atomic E-state index is -0.647. The smallest absolute Gasteiger partial charge is 0.192 e. The first kappa shape index (κ1) is 15.0. The lowest BCUT2D eigenvalue weighted by Gasteiger charge is -2.28. The average Bonchev–Trinajstić information content (AvgIpc) is 3.05. The molecular formula is C17H25NO3. The third-order valence-electron chi connectivity index (χ3n) is 4.86. The van der Waals surface area contributed by atoms with Crippen molar-refractivity contribution < 1.29 is 14.6 Å². The topological polar surface area (TPSA) is 41.9 Å². The van der Waals surface area contributed by atoms with Crippen molar-refractivity contribution in [2.45, 2.75) is 38.2 Å². The van der Waals surface area contributed by atoms with Gasteiger partial charge in [0.1, 0.15) is 0 Å². The van der Waals surface area contributed by atoms with E-state index in [-0.39, 0.29) is 18.8 Å². The van der Waals surface area contributed by atoms with Gasteiger partial charge in [-0.15, -0.1) is 0 Å². The number of aliphatic hydroxyl groups is 1. The molecule has 0 aliphatic carbocycles. The van der Waals surface area contributed by atoms with E-state index in [0.29, 0.717) is 12.5 Å². The van der Waals surface area contributed by atoms with Gasteiger partial charge in [-0.1, -0.05) is 37.3 Å². The maximum Gasteiger partial charge on any atom is 0.192 e. The van der Waals surface area contributed by atoms with E-state index in [4.69, 9.17) is 9.47 Å². The van der Waals surface area contributed by atoms with E-state index in [1.165, 1.54) is 0 Å². The van der Waals surface area contributed by atoms with Gasteiger partial charge in [-0.25, -0.2) is 0 Å². The molecule has 0 bridgehead atoms.